The van der Waals surface area contributed by atoms with Crippen LogP contribution in [0.5, 0.6) is 5.75 Å². The monoisotopic (exact) mass is 278 g/mol. The van der Waals surface area contributed by atoms with Crippen molar-refractivity contribution in [3.8, 4) is 5.75 Å². The lowest BCUT2D eigenvalue weighted by Gasteiger charge is -2.26. The number of carbonyl (C=O) groups is 1. The van der Waals surface area contributed by atoms with Gasteiger partial charge in [-0.1, -0.05) is 12.1 Å². The average Bonchev–Trinajstić information content (AvgIpc) is 2.43. The topological polar surface area (TPSA) is 70.6 Å². The largest absolute Gasteiger partial charge is 0.507 e. The number of para-hydroxylation sites is 1. The molecule has 6 nitrogen and oxygen atoms in total. The molecule has 2 rings (SSSR count). The summed E-state index contributed by atoms with van der Waals surface area (Å²) in [5.74, 6) is 0.0596. The summed E-state index contributed by atoms with van der Waals surface area (Å²) in [5, 5.41) is 13.4. The van der Waals surface area contributed by atoms with Crippen LogP contribution in [0.25, 0.3) is 0 Å². The van der Waals surface area contributed by atoms with E-state index < -0.39 is 0 Å². The molecule has 0 spiro atoms. The normalized spacial score (nSPS) is 22.9. The first-order valence-electron chi connectivity index (χ1n) is 6.90. The summed E-state index contributed by atoms with van der Waals surface area (Å²) in [7, 11) is 2.17. The summed E-state index contributed by atoms with van der Waals surface area (Å²) in [6.45, 7) is 4.68. The maximum absolute atomic E-state index is 11.8. The molecular formula is C14H22N4O2+2. The highest BCUT2D eigenvalue weighted by Gasteiger charge is 2.21. The Morgan fingerprint density at radius 2 is 2.05 bits per heavy atom. The number of likely N-dealkylation sites (N-methyl/N-ethyl adjacent to an activating group) is 1. The minimum Gasteiger partial charge on any atom is -0.507 e. The number of benzene rings is 1. The third kappa shape index (κ3) is 4.32. The Morgan fingerprint density at radius 3 is 2.75 bits per heavy atom. The number of amides is 1. The standard InChI is InChI=1S/C14H20N4O2/c1-17-6-8-18(9-7-17)11-14(20)16-15-10-12-4-2-3-5-13(12)19/h2-5,10,19H,6-9,11H2,1H3,(H,16,20)/p+2/b15-10+. The van der Waals surface area contributed by atoms with E-state index >= 15 is 0 Å². The minimum absolute atomic E-state index is 0.0915. The van der Waals surface area contributed by atoms with E-state index in [1.165, 1.54) is 16.0 Å². The van der Waals surface area contributed by atoms with Crippen LogP contribution in [0.3, 0.4) is 0 Å². The number of phenolic OH excluding ortho intramolecular Hbond substituents is 1. The summed E-state index contributed by atoms with van der Waals surface area (Å²) < 4.78 is 0. The Balaban J connectivity index is 1.76. The van der Waals surface area contributed by atoms with Crippen LogP contribution in [-0.4, -0.2) is 57.0 Å². The predicted octanol–water partition coefficient (Wildman–Crippen LogP) is -2.74. The Hall–Kier alpha value is -1.92. The molecule has 0 bridgehead atoms. The lowest BCUT2D eigenvalue weighted by Crippen LogP contribution is -3.27. The Kier molecular flexibility index (Phi) is 5.09. The second kappa shape index (κ2) is 7.02. The zero-order valence-electron chi connectivity index (χ0n) is 11.7. The van der Waals surface area contributed by atoms with Crippen molar-refractivity contribution in [3.63, 3.8) is 0 Å². The number of aromatic hydroxyl groups is 1. The molecule has 1 heterocycles. The van der Waals surface area contributed by atoms with Gasteiger partial charge in [-0.05, 0) is 12.1 Å². The van der Waals surface area contributed by atoms with Gasteiger partial charge < -0.3 is 14.9 Å². The first kappa shape index (κ1) is 14.5. The molecule has 0 saturated carbocycles. The van der Waals surface area contributed by atoms with E-state index in [2.05, 4.69) is 17.6 Å². The van der Waals surface area contributed by atoms with E-state index in [0.717, 1.165) is 26.2 Å². The van der Waals surface area contributed by atoms with Crippen LogP contribution in [0.15, 0.2) is 29.4 Å². The highest BCUT2D eigenvalue weighted by atomic mass is 16.3. The molecule has 1 saturated heterocycles. The number of hydrogen-bond donors (Lipinski definition) is 4. The molecule has 108 valence electrons. The van der Waals surface area contributed by atoms with Crippen molar-refractivity contribution >= 4 is 12.1 Å². The fraction of sp³-hybridized carbons (Fsp3) is 0.429. The maximum atomic E-state index is 11.8. The van der Waals surface area contributed by atoms with Crippen LogP contribution >= 0.6 is 0 Å². The molecule has 1 amide bonds. The molecule has 1 aromatic carbocycles. The smallest absolute Gasteiger partial charge is 0.295 e. The second-order valence-corrected chi connectivity index (χ2v) is 5.24. The Labute approximate surface area is 118 Å². The van der Waals surface area contributed by atoms with Crippen molar-refractivity contribution in [1.29, 1.82) is 0 Å². The van der Waals surface area contributed by atoms with E-state index in [1.54, 1.807) is 24.3 Å². The zero-order chi connectivity index (χ0) is 14.4. The number of hydrogen-bond acceptors (Lipinski definition) is 3. The number of rotatable bonds is 4. The van der Waals surface area contributed by atoms with Gasteiger partial charge in [0.05, 0.1) is 13.3 Å². The van der Waals surface area contributed by atoms with Gasteiger partial charge >= 0.3 is 0 Å². The van der Waals surface area contributed by atoms with Crippen LogP contribution in [0.1, 0.15) is 5.56 Å². The van der Waals surface area contributed by atoms with Crippen LogP contribution in [-0.2, 0) is 4.79 Å². The summed E-state index contributed by atoms with van der Waals surface area (Å²) in [4.78, 5) is 14.6. The lowest BCUT2D eigenvalue weighted by molar-refractivity contribution is -1.000. The Bertz CT molecular complexity index is 482. The van der Waals surface area contributed by atoms with Gasteiger partial charge in [-0.2, -0.15) is 5.10 Å². The molecule has 0 unspecified atom stereocenters. The average molecular weight is 278 g/mol. The van der Waals surface area contributed by atoms with Gasteiger partial charge in [0.1, 0.15) is 31.9 Å². The van der Waals surface area contributed by atoms with Crippen molar-refractivity contribution in [1.82, 2.24) is 5.43 Å². The highest BCUT2D eigenvalue weighted by Crippen LogP contribution is 2.12. The fourth-order valence-electron chi connectivity index (χ4n) is 2.24. The minimum atomic E-state index is -0.0915. The number of nitrogens with one attached hydrogen (secondary N) is 3. The molecule has 0 aromatic heterocycles. The molecule has 0 aliphatic carbocycles. The maximum Gasteiger partial charge on any atom is 0.295 e. The molecule has 4 N–H and O–H groups in total. The molecule has 1 aliphatic heterocycles. The van der Waals surface area contributed by atoms with Gasteiger partial charge in [-0.15, -0.1) is 0 Å². The molecule has 0 radical (unpaired) electrons. The molecule has 1 aromatic rings. The number of nitrogens with zero attached hydrogens (tertiary/aromatic N) is 1. The van der Waals surface area contributed by atoms with Crippen molar-refractivity contribution in [2.45, 2.75) is 0 Å². The predicted molar refractivity (Wildman–Crippen MR) is 76.0 cm³/mol. The van der Waals surface area contributed by atoms with Gasteiger partial charge in [-0.25, -0.2) is 5.43 Å². The van der Waals surface area contributed by atoms with Gasteiger partial charge in [0, 0.05) is 5.56 Å². The van der Waals surface area contributed by atoms with Crippen molar-refractivity contribution < 1.29 is 19.7 Å². The SMILES string of the molecule is C[NH+]1CC[NH+](CC(=O)N/N=C/c2ccccc2O)CC1. The van der Waals surface area contributed by atoms with Crippen molar-refractivity contribution in [2.75, 3.05) is 39.8 Å². The van der Waals surface area contributed by atoms with Crippen LogP contribution < -0.4 is 15.2 Å². The number of quaternary nitrogens is 2. The van der Waals surface area contributed by atoms with Crippen molar-refractivity contribution in [3.05, 3.63) is 29.8 Å². The number of piperazine rings is 1. The van der Waals surface area contributed by atoms with Crippen LogP contribution in [0.4, 0.5) is 0 Å². The first-order valence-corrected chi connectivity index (χ1v) is 6.90. The first-order chi connectivity index (χ1) is 9.65. The molecule has 1 fully saturated rings. The fourth-order valence-corrected chi connectivity index (χ4v) is 2.24. The molecule has 1 aliphatic rings. The third-order valence-electron chi connectivity index (χ3n) is 3.55. The lowest BCUT2D eigenvalue weighted by atomic mass is 10.2. The van der Waals surface area contributed by atoms with E-state index in [-0.39, 0.29) is 11.7 Å². The second-order valence-electron chi connectivity index (χ2n) is 5.24. The van der Waals surface area contributed by atoms with E-state index in [0.29, 0.717) is 12.1 Å². The highest BCUT2D eigenvalue weighted by molar-refractivity contribution is 5.85. The molecule has 6 heteroatoms. The Morgan fingerprint density at radius 1 is 1.35 bits per heavy atom. The van der Waals surface area contributed by atoms with Crippen LogP contribution in [0, 0.1) is 0 Å². The molecular weight excluding hydrogens is 256 g/mol. The number of carbonyl (C=O) groups excluding carboxylic acids is 1. The van der Waals surface area contributed by atoms with Gasteiger partial charge in [0.25, 0.3) is 5.91 Å². The van der Waals surface area contributed by atoms with Gasteiger partial charge in [0.2, 0.25) is 0 Å². The van der Waals surface area contributed by atoms with Gasteiger partial charge in [0.15, 0.2) is 6.54 Å². The van der Waals surface area contributed by atoms with E-state index in [1.807, 2.05) is 0 Å². The van der Waals surface area contributed by atoms with E-state index in [4.69, 9.17) is 0 Å². The molecule has 0 atom stereocenters. The summed E-state index contributed by atoms with van der Waals surface area (Å²) in [6, 6.07) is 6.86. The van der Waals surface area contributed by atoms with Gasteiger partial charge in [-0.3, -0.25) is 4.79 Å². The van der Waals surface area contributed by atoms with Crippen LogP contribution in [0.2, 0.25) is 0 Å². The molecule has 20 heavy (non-hydrogen) atoms. The number of phenols is 1. The van der Waals surface area contributed by atoms with Crippen molar-refractivity contribution in [2.24, 2.45) is 5.10 Å². The number of hydrazone groups is 1. The van der Waals surface area contributed by atoms with E-state index in [9.17, 15) is 9.90 Å². The third-order valence-corrected chi connectivity index (χ3v) is 3.55. The summed E-state index contributed by atoms with van der Waals surface area (Å²) in [5.41, 5.74) is 3.10. The summed E-state index contributed by atoms with van der Waals surface area (Å²) >= 11 is 0. The zero-order valence-corrected chi connectivity index (χ0v) is 11.7. The summed E-state index contributed by atoms with van der Waals surface area (Å²) in [6.07, 6.45) is 1.46. The quantitative estimate of drug-likeness (QED) is 0.356.